The van der Waals surface area contributed by atoms with Gasteiger partial charge in [0, 0.05) is 13.1 Å². The highest BCUT2D eigenvalue weighted by atomic mass is 35.5. The molecule has 0 saturated heterocycles. The quantitative estimate of drug-likeness (QED) is 0.771. The molecular weight excluding hydrogens is 214 g/mol. The van der Waals surface area contributed by atoms with Crippen molar-refractivity contribution < 1.29 is 4.79 Å². The van der Waals surface area contributed by atoms with Gasteiger partial charge in [-0.2, -0.15) is 0 Å². The van der Waals surface area contributed by atoms with Crippen molar-refractivity contribution in [3.63, 3.8) is 0 Å². The van der Waals surface area contributed by atoms with Gasteiger partial charge >= 0.3 is 0 Å². The Morgan fingerprint density at radius 2 is 2.20 bits per heavy atom. The number of rotatable bonds is 2. The minimum atomic E-state index is -0.0798. The highest BCUT2D eigenvalue weighted by Gasteiger charge is 2.26. The molecule has 0 aliphatic heterocycles. The van der Waals surface area contributed by atoms with E-state index in [0.717, 1.165) is 12.8 Å². The molecule has 1 saturated carbocycles. The number of halogens is 1. The van der Waals surface area contributed by atoms with E-state index < -0.39 is 0 Å². The fourth-order valence-corrected chi connectivity index (χ4v) is 1.64. The molecule has 4 nitrogen and oxygen atoms in total. The number of carbonyl (C=O) groups excluding carboxylic acids is 1. The molecular formula is C10H12ClN3O. The van der Waals surface area contributed by atoms with Crippen LogP contribution in [0.15, 0.2) is 12.4 Å². The fraction of sp³-hybridized carbons (Fsp3) is 0.500. The predicted molar refractivity (Wildman–Crippen MR) is 56.8 cm³/mol. The summed E-state index contributed by atoms with van der Waals surface area (Å²) in [4.78, 5) is 21.4. The van der Waals surface area contributed by atoms with E-state index in [4.69, 9.17) is 11.6 Å². The Labute approximate surface area is 93.3 Å². The van der Waals surface area contributed by atoms with Crippen LogP contribution in [0.1, 0.15) is 29.8 Å². The largest absolute Gasteiger partial charge is 0.337 e. The third kappa shape index (κ3) is 2.09. The first-order valence-corrected chi connectivity index (χ1v) is 5.31. The van der Waals surface area contributed by atoms with E-state index >= 15 is 0 Å². The fourth-order valence-electron chi connectivity index (χ4n) is 1.54. The molecule has 1 aromatic rings. The van der Waals surface area contributed by atoms with Gasteiger partial charge in [-0.25, -0.2) is 9.97 Å². The molecule has 1 fully saturated rings. The second-order valence-electron chi connectivity index (χ2n) is 3.73. The van der Waals surface area contributed by atoms with E-state index in [1.807, 2.05) is 7.05 Å². The van der Waals surface area contributed by atoms with E-state index in [1.165, 1.54) is 18.8 Å². The Kier molecular flexibility index (Phi) is 2.86. The summed E-state index contributed by atoms with van der Waals surface area (Å²) in [7, 11) is 1.81. The van der Waals surface area contributed by atoms with Crippen LogP contribution in [-0.2, 0) is 0 Å². The van der Waals surface area contributed by atoms with Gasteiger partial charge in [-0.15, -0.1) is 0 Å². The molecule has 0 N–H and O–H groups in total. The molecule has 1 aliphatic carbocycles. The summed E-state index contributed by atoms with van der Waals surface area (Å²) in [5.41, 5.74) is 0.355. The average molecular weight is 226 g/mol. The van der Waals surface area contributed by atoms with Crippen LogP contribution in [-0.4, -0.2) is 33.9 Å². The highest BCUT2D eigenvalue weighted by molar-refractivity contribution is 6.29. The van der Waals surface area contributed by atoms with Gasteiger partial charge in [-0.3, -0.25) is 4.79 Å². The Hall–Kier alpha value is -1.16. The summed E-state index contributed by atoms with van der Waals surface area (Å²) in [6.07, 6.45) is 6.18. The molecule has 0 atom stereocenters. The zero-order valence-electron chi connectivity index (χ0n) is 8.48. The molecule has 2 rings (SSSR count). The van der Waals surface area contributed by atoms with E-state index in [9.17, 15) is 4.79 Å². The lowest BCUT2D eigenvalue weighted by molar-refractivity contribution is 0.0645. The molecule has 0 radical (unpaired) electrons. The first-order chi connectivity index (χ1) is 7.18. The van der Waals surface area contributed by atoms with E-state index in [0.29, 0.717) is 16.9 Å². The van der Waals surface area contributed by atoms with Gasteiger partial charge in [0.2, 0.25) is 0 Å². The smallest absolute Gasteiger partial charge is 0.274 e. The SMILES string of the molecule is CN(C(=O)c1cnc(Cl)cn1)C1CCC1. The Morgan fingerprint density at radius 3 is 2.67 bits per heavy atom. The molecule has 1 aliphatic rings. The van der Waals surface area contributed by atoms with Crippen molar-refractivity contribution in [3.8, 4) is 0 Å². The molecule has 0 spiro atoms. The van der Waals surface area contributed by atoms with Crippen molar-refractivity contribution >= 4 is 17.5 Å². The second kappa shape index (κ2) is 4.14. The Bertz CT molecular complexity index is 361. The summed E-state index contributed by atoms with van der Waals surface area (Å²) < 4.78 is 0. The Balaban J connectivity index is 2.09. The summed E-state index contributed by atoms with van der Waals surface area (Å²) in [6, 6.07) is 0.370. The van der Waals surface area contributed by atoms with Gasteiger partial charge < -0.3 is 4.90 Å². The number of amides is 1. The molecule has 1 amide bonds. The van der Waals surface area contributed by atoms with Crippen LogP contribution in [0.2, 0.25) is 5.15 Å². The Morgan fingerprint density at radius 1 is 1.47 bits per heavy atom. The maximum absolute atomic E-state index is 11.9. The zero-order chi connectivity index (χ0) is 10.8. The number of nitrogens with zero attached hydrogens (tertiary/aromatic N) is 3. The monoisotopic (exact) mass is 225 g/mol. The predicted octanol–water partition coefficient (Wildman–Crippen LogP) is 1.75. The average Bonchev–Trinajstić information content (AvgIpc) is 2.15. The van der Waals surface area contributed by atoms with Gasteiger partial charge in [0.25, 0.3) is 5.91 Å². The van der Waals surface area contributed by atoms with Crippen LogP contribution in [0.3, 0.4) is 0 Å². The number of carbonyl (C=O) groups is 1. The second-order valence-corrected chi connectivity index (χ2v) is 4.11. The van der Waals surface area contributed by atoms with Crippen LogP contribution in [0.4, 0.5) is 0 Å². The maximum atomic E-state index is 11.9. The molecule has 1 aromatic heterocycles. The van der Waals surface area contributed by atoms with Crippen molar-refractivity contribution in [2.45, 2.75) is 25.3 Å². The molecule has 0 unspecified atom stereocenters. The van der Waals surface area contributed by atoms with Gasteiger partial charge in [0.1, 0.15) is 10.8 Å². The first kappa shape index (κ1) is 10.4. The molecule has 1 heterocycles. The van der Waals surface area contributed by atoms with Crippen molar-refractivity contribution in [1.82, 2.24) is 14.9 Å². The lowest BCUT2D eigenvalue weighted by Crippen LogP contribution is -2.41. The lowest BCUT2D eigenvalue weighted by Gasteiger charge is -2.34. The topological polar surface area (TPSA) is 46.1 Å². The van der Waals surface area contributed by atoms with Crippen molar-refractivity contribution in [2.24, 2.45) is 0 Å². The highest BCUT2D eigenvalue weighted by Crippen LogP contribution is 2.24. The molecule has 0 aromatic carbocycles. The summed E-state index contributed by atoms with van der Waals surface area (Å²) in [6.45, 7) is 0. The van der Waals surface area contributed by atoms with Crippen molar-refractivity contribution in [2.75, 3.05) is 7.05 Å². The summed E-state index contributed by atoms with van der Waals surface area (Å²) in [5.74, 6) is -0.0798. The molecule has 15 heavy (non-hydrogen) atoms. The van der Waals surface area contributed by atoms with Gasteiger partial charge in [0.15, 0.2) is 0 Å². The van der Waals surface area contributed by atoms with Crippen LogP contribution in [0, 0.1) is 0 Å². The maximum Gasteiger partial charge on any atom is 0.274 e. The van der Waals surface area contributed by atoms with Gasteiger partial charge in [-0.05, 0) is 19.3 Å². The van der Waals surface area contributed by atoms with Crippen molar-refractivity contribution in [3.05, 3.63) is 23.2 Å². The summed E-state index contributed by atoms with van der Waals surface area (Å²) >= 11 is 5.60. The van der Waals surface area contributed by atoms with Gasteiger partial charge in [-0.1, -0.05) is 11.6 Å². The normalized spacial score (nSPS) is 15.9. The third-order valence-electron chi connectivity index (χ3n) is 2.78. The molecule has 5 heteroatoms. The van der Waals surface area contributed by atoms with Crippen LogP contribution in [0.5, 0.6) is 0 Å². The van der Waals surface area contributed by atoms with Crippen LogP contribution < -0.4 is 0 Å². The van der Waals surface area contributed by atoms with E-state index in [2.05, 4.69) is 9.97 Å². The van der Waals surface area contributed by atoms with Gasteiger partial charge in [0.05, 0.1) is 12.4 Å². The number of hydrogen-bond acceptors (Lipinski definition) is 3. The molecule has 0 bridgehead atoms. The minimum Gasteiger partial charge on any atom is -0.337 e. The molecule has 80 valence electrons. The standard InChI is InChI=1S/C10H12ClN3O/c1-14(7-3-2-4-7)10(15)8-5-13-9(11)6-12-8/h5-7H,2-4H2,1H3. The van der Waals surface area contributed by atoms with E-state index in [1.54, 1.807) is 4.90 Å². The lowest BCUT2D eigenvalue weighted by atomic mass is 9.92. The summed E-state index contributed by atoms with van der Waals surface area (Å²) in [5, 5.41) is 0.304. The van der Waals surface area contributed by atoms with Crippen LogP contribution in [0.25, 0.3) is 0 Å². The van der Waals surface area contributed by atoms with Crippen molar-refractivity contribution in [1.29, 1.82) is 0 Å². The zero-order valence-corrected chi connectivity index (χ0v) is 9.24. The number of aromatic nitrogens is 2. The first-order valence-electron chi connectivity index (χ1n) is 4.93. The van der Waals surface area contributed by atoms with E-state index in [-0.39, 0.29) is 5.91 Å². The third-order valence-corrected chi connectivity index (χ3v) is 2.98. The van der Waals surface area contributed by atoms with Crippen LogP contribution >= 0.6 is 11.6 Å². The minimum absolute atomic E-state index is 0.0798. The number of hydrogen-bond donors (Lipinski definition) is 0.